The summed E-state index contributed by atoms with van der Waals surface area (Å²) in [5.41, 5.74) is 4.95. The van der Waals surface area contributed by atoms with Gasteiger partial charge in [0.1, 0.15) is 0 Å². The monoisotopic (exact) mass is 360 g/mol. The van der Waals surface area contributed by atoms with Crippen LogP contribution >= 0.6 is 0 Å². The van der Waals surface area contributed by atoms with Crippen LogP contribution in [-0.4, -0.2) is 25.5 Å². The highest BCUT2D eigenvalue weighted by Crippen LogP contribution is 2.28. The van der Waals surface area contributed by atoms with Gasteiger partial charge in [-0.2, -0.15) is 0 Å². The van der Waals surface area contributed by atoms with Crippen LogP contribution in [0.15, 0.2) is 41.0 Å². The van der Waals surface area contributed by atoms with E-state index in [1.807, 2.05) is 0 Å². The van der Waals surface area contributed by atoms with Gasteiger partial charge in [0.2, 0.25) is 0 Å². The number of unbranched alkanes of at least 4 members (excludes halogenated alkanes) is 3. The Morgan fingerprint density at radius 2 is 1.85 bits per heavy atom. The van der Waals surface area contributed by atoms with E-state index in [2.05, 4.69) is 17.8 Å². The number of methoxy groups -OCH3 is 1. The maximum absolute atomic E-state index is 12.2. The summed E-state index contributed by atoms with van der Waals surface area (Å²) >= 11 is 0. The third kappa shape index (κ3) is 5.54. The fraction of sp³-hybridized carbons (Fsp3) is 0.368. The van der Waals surface area contributed by atoms with Gasteiger partial charge in [-0.25, -0.2) is 0 Å². The van der Waals surface area contributed by atoms with Crippen molar-refractivity contribution < 1.29 is 23.5 Å². The van der Waals surface area contributed by atoms with Gasteiger partial charge in [0.05, 0.1) is 20.0 Å². The number of carbonyl (C=O) groups is 2. The maximum atomic E-state index is 12.2. The normalized spacial score (nSPS) is 10.2. The molecule has 0 aliphatic heterocycles. The molecule has 2 aromatic rings. The molecule has 0 unspecified atom stereocenters. The number of hydrogen-bond donors (Lipinski definition) is 2. The van der Waals surface area contributed by atoms with Crippen LogP contribution in [0.3, 0.4) is 0 Å². The van der Waals surface area contributed by atoms with Gasteiger partial charge in [-0.15, -0.1) is 0 Å². The molecule has 140 valence electrons. The van der Waals surface area contributed by atoms with E-state index in [0.29, 0.717) is 23.7 Å². The van der Waals surface area contributed by atoms with Crippen LogP contribution < -0.4 is 20.3 Å². The van der Waals surface area contributed by atoms with Crippen molar-refractivity contribution in [2.24, 2.45) is 0 Å². The first kappa shape index (κ1) is 19.4. The van der Waals surface area contributed by atoms with E-state index in [4.69, 9.17) is 13.9 Å². The third-order valence-electron chi connectivity index (χ3n) is 3.72. The highest BCUT2D eigenvalue weighted by molar-refractivity contribution is 5.98. The predicted octanol–water partition coefficient (Wildman–Crippen LogP) is 3.32. The molecule has 2 amide bonds. The molecule has 0 aliphatic rings. The molecular formula is C19H24N2O5. The molecule has 1 aromatic heterocycles. The molecule has 26 heavy (non-hydrogen) atoms. The van der Waals surface area contributed by atoms with E-state index < -0.39 is 11.8 Å². The van der Waals surface area contributed by atoms with Crippen LogP contribution in [0.4, 0.5) is 0 Å². The van der Waals surface area contributed by atoms with Crippen molar-refractivity contribution in [2.75, 3.05) is 13.7 Å². The minimum Gasteiger partial charge on any atom is -0.493 e. The second-order valence-corrected chi connectivity index (χ2v) is 5.66. The van der Waals surface area contributed by atoms with Gasteiger partial charge in [-0.3, -0.25) is 20.4 Å². The zero-order valence-electron chi connectivity index (χ0n) is 15.0. The first-order chi connectivity index (χ1) is 12.7. The highest BCUT2D eigenvalue weighted by atomic mass is 16.5. The molecule has 0 fully saturated rings. The Morgan fingerprint density at radius 1 is 1.04 bits per heavy atom. The van der Waals surface area contributed by atoms with Crippen molar-refractivity contribution in [1.82, 2.24) is 10.9 Å². The van der Waals surface area contributed by atoms with E-state index in [1.165, 1.54) is 32.3 Å². The molecule has 0 saturated heterocycles. The molecule has 0 radical (unpaired) electrons. The van der Waals surface area contributed by atoms with Gasteiger partial charge in [0, 0.05) is 5.56 Å². The van der Waals surface area contributed by atoms with Gasteiger partial charge in [-0.05, 0) is 36.8 Å². The lowest BCUT2D eigenvalue weighted by atomic mass is 10.2. The number of furan rings is 1. The summed E-state index contributed by atoms with van der Waals surface area (Å²) < 4.78 is 16.0. The lowest BCUT2D eigenvalue weighted by molar-refractivity contribution is 0.0830. The van der Waals surface area contributed by atoms with E-state index in [-0.39, 0.29) is 5.76 Å². The van der Waals surface area contributed by atoms with Gasteiger partial charge in [0.15, 0.2) is 17.3 Å². The Labute approximate surface area is 152 Å². The molecule has 0 atom stereocenters. The van der Waals surface area contributed by atoms with Gasteiger partial charge in [-0.1, -0.05) is 26.2 Å². The summed E-state index contributed by atoms with van der Waals surface area (Å²) in [6, 6.07) is 7.94. The summed E-state index contributed by atoms with van der Waals surface area (Å²) in [7, 11) is 1.51. The molecule has 1 aromatic carbocycles. The fourth-order valence-corrected chi connectivity index (χ4v) is 2.29. The molecular weight excluding hydrogens is 336 g/mol. The van der Waals surface area contributed by atoms with E-state index in [0.717, 1.165) is 12.8 Å². The SMILES string of the molecule is CCCCCCOc1ccc(C(=O)NNC(=O)c2ccco2)cc1OC. The minimum absolute atomic E-state index is 0.106. The van der Waals surface area contributed by atoms with Gasteiger partial charge in [0.25, 0.3) is 5.91 Å². The second-order valence-electron chi connectivity index (χ2n) is 5.66. The summed E-state index contributed by atoms with van der Waals surface area (Å²) in [5, 5.41) is 0. The molecule has 2 rings (SSSR count). The maximum Gasteiger partial charge on any atom is 0.305 e. The first-order valence-electron chi connectivity index (χ1n) is 8.60. The zero-order valence-corrected chi connectivity index (χ0v) is 15.0. The summed E-state index contributed by atoms with van der Waals surface area (Å²) in [6.07, 6.45) is 5.82. The number of benzene rings is 1. The van der Waals surface area contributed by atoms with Crippen LogP contribution in [0.25, 0.3) is 0 Å². The first-order valence-corrected chi connectivity index (χ1v) is 8.60. The Kier molecular flexibility index (Phi) is 7.54. The summed E-state index contributed by atoms with van der Waals surface area (Å²) in [6.45, 7) is 2.76. The van der Waals surface area contributed by atoms with Crippen LogP contribution in [0.1, 0.15) is 53.5 Å². The topological polar surface area (TPSA) is 89.8 Å². The van der Waals surface area contributed by atoms with Crippen LogP contribution in [0.5, 0.6) is 11.5 Å². The lowest BCUT2D eigenvalue weighted by Gasteiger charge is -2.12. The van der Waals surface area contributed by atoms with Gasteiger partial charge < -0.3 is 13.9 Å². The van der Waals surface area contributed by atoms with Crippen molar-refractivity contribution in [3.05, 3.63) is 47.9 Å². The van der Waals surface area contributed by atoms with Crippen molar-refractivity contribution in [1.29, 1.82) is 0 Å². The van der Waals surface area contributed by atoms with Crippen molar-refractivity contribution >= 4 is 11.8 Å². The Morgan fingerprint density at radius 3 is 2.54 bits per heavy atom. The largest absolute Gasteiger partial charge is 0.493 e. The average molecular weight is 360 g/mol. The summed E-state index contributed by atoms with van der Waals surface area (Å²) in [4.78, 5) is 23.9. The number of carbonyl (C=O) groups excluding carboxylic acids is 2. The molecule has 7 nitrogen and oxygen atoms in total. The Bertz CT molecular complexity index is 713. The van der Waals surface area contributed by atoms with E-state index in [1.54, 1.807) is 24.3 Å². The minimum atomic E-state index is -0.539. The van der Waals surface area contributed by atoms with E-state index >= 15 is 0 Å². The molecule has 7 heteroatoms. The number of nitrogens with one attached hydrogen (secondary N) is 2. The number of hydrazine groups is 1. The number of hydrogen-bond acceptors (Lipinski definition) is 5. The van der Waals surface area contributed by atoms with Crippen LogP contribution in [0.2, 0.25) is 0 Å². The standard InChI is InChI=1S/C19H24N2O5/c1-3-4-5-6-11-25-15-10-9-14(13-17(15)24-2)18(22)20-21-19(23)16-8-7-12-26-16/h7-10,12-13H,3-6,11H2,1-2H3,(H,20,22)(H,21,23). The molecule has 2 N–H and O–H groups in total. The Hall–Kier alpha value is -2.96. The van der Waals surface area contributed by atoms with Crippen molar-refractivity contribution in [3.63, 3.8) is 0 Å². The van der Waals surface area contributed by atoms with Gasteiger partial charge >= 0.3 is 5.91 Å². The lowest BCUT2D eigenvalue weighted by Crippen LogP contribution is -2.41. The number of ether oxygens (including phenoxy) is 2. The Balaban J connectivity index is 1.90. The molecule has 0 spiro atoms. The fourth-order valence-electron chi connectivity index (χ4n) is 2.29. The highest BCUT2D eigenvalue weighted by Gasteiger charge is 2.13. The van der Waals surface area contributed by atoms with E-state index in [9.17, 15) is 9.59 Å². The predicted molar refractivity (Wildman–Crippen MR) is 96.3 cm³/mol. The van der Waals surface area contributed by atoms with Crippen molar-refractivity contribution in [2.45, 2.75) is 32.6 Å². The average Bonchev–Trinajstić information content (AvgIpc) is 3.20. The zero-order chi connectivity index (χ0) is 18.8. The second kappa shape index (κ2) is 10.1. The molecule has 0 bridgehead atoms. The molecule has 0 aliphatic carbocycles. The van der Waals surface area contributed by atoms with Crippen molar-refractivity contribution in [3.8, 4) is 11.5 Å². The smallest absolute Gasteiger partial charge is 0.305 e. The number of amides is 2. The van der Waals surface area contributed by atoms with Crippen LogP contribution in [0, 0.1) is 0 Å². The third-order valence-corrected chi connectivity index (χ3v) is 3.72. The number of rotatable bonds is 9. The van der Waals surface area contributed by atoms with Crippen LogP contribution in [-0.2, 0) is 0 Å². The molecule has 0 saturated carbocycles. The summed E-state index contributed by atoms with van der Waals surface area (Å²) in [5.74, 6) is 0.139. The quantitative estimate of drug-likeness (QED) is 0.529. The molecule has 1 heterocycles.